The fourth-order valence-corrected chi connectivity index (χ4v) is 2.92. The van der Waals surface area contributed by atoms with E-state index >= 15 is 0 Å². The van der Waals surface area contributed by atoms with Crippen molar-refractivity contribution in [2.45, 2.75) is 25.2 Å². The number of rotatable bonds is 8. The van der Waals surface area contributed by atoms with Crippen molar-refractivity contribution in [3.8, 4) is 0 Å². The van der Waals surface area contributed by atoms with E-state index in [0.717, 1.165) is 13.0 Å². The van der Waals surface area contributed by atoms with Crippen molar-refractivity contribution < 1.29 is 17.9 Å². The van der Waals surface area contributed by atoms with Gasteiger partial charge in [-0.2, -0.15) is 0 Å². The zero-order chi connectivity index (χ0) is 15.9. The Morgan fingerprint density at radius 1 is 1.23 bits per heavy atom. The lowest BCUT2D eigenvalue weighted by Crippen LogP contribution is -2.32. The molecule has 126 valence electrons. The predicted octanol–water partition coefficient (Wildman–Crippen LogP) is 1.48. The molecule has 1 aromatic carbocycles. The van der Waals surface area contributed by atoms with Crippen molar-refractivity contribution in [3.63, 3.8) is 0 Å². The summed E-state index contributed by atoms with van der Waals surface area (Å²) in [6, 6.07) is 4.33. The van der Waals surface area contributed by atoms with Crippen LogP contribution in [0, 0.1) is 6.92 Å². The van der Waals surface area contributed by atoms with E-state index in [9.17, 15) is 13.2 Å². The first-order chi connectivity index (χ1) is 9.92. The predicted molar refractivity (Wildman–Crippen MR) is 88.1 cm³/mol. The molecule has 0 aliphatic rings. The van der Waals surface area contributed by atoms with Gasteiger partial charge in [-0.25, -0.2) is 17.9 Å². The van der Waals surface area contributed by atoms with Crippen molar-refractivity contribution in [2.75, 3.05) is 26.7 Å². The van der Waals surface area contributed by atoms with Crippen LogP contribution >= 0.6 is 12.4 Å². The van der Waals surface area contributed by atoms with E-state index in [1.54, 1.807) is 6.92 Å². The second kappa shape index (κ2) is 9.78. The van der Waals surface area contributed by atoms with Crippen molar-refractivity contribution in [1.29, 1.82) is 0 Å². The topological polar surface area (TPSA) is 84.5 Å². The summed E-state index contributed by atoms with van der Waals surface area (Å²) in [6.07, 6.45) is 1.00. The van der Waals surface area contributed by atoms with Crippen LogP contribution in [0.5, 0.6) is 0 Å². The number of ether oxygens (including phenoxy) is 1. The second-order valence-electron chi connectivity index (χ2n) is 4.62. The molecule has 0 amide bonds. The Balaban J connectivity index is 0.00000441. The fraction of sp³-hybridized carbons (Fsp3) is 0.500. The van der Waals surface area contributed by atoms with Gasteiger partial charge in [0.1, 0.15) is 0 Å². The molecule has 0 saturated carbocycles. The third kappa shape index (κ3) is 5.92. The minimum Gasteiger partial charge on any atom is -0.465 e. The van der Waals surface area contributed by atoms with Crippen LogP contribution < -0.4 is 10.0 Å². The van der Waals surface area contributed by atoms with Crippen LogP contribution in [0.2, 0.25) is 0 Å². The van der Waals surface area contributed by atoms with Crippen LogP contribution in [0.4, 0.5) is 0 Å². The van der Waals surface area contributed by atoms with Gasteiger partial charge in [0.15, 0.2) is 0 Å². The third-order valence-electron chi connectivity index (χ3n) is 2.93. The maximum absolute atomic E-state index is 12.1. The van der Waals surface area contributed by atoms with Crippen molar-refractivity contribution in [1.82, 2.24) is 10.0 Å². The molecule has 0 radical (unpaired) electrons. The first kappa shape index (κ1) is 20.9. The number of benzene rings is 1. The monoisotopic (exact) mass is 350 g/mol. The van der Waals surface area contributed by atoms with E-state index in [0.29, 0.717) is 24.2 Å². The Kier molecular flexibility index (Phi) is 9.27. The maximum atomic E-state index is 12.1. The summed E-state index contributed by atoms with van der Waals surface area (Å²) in [7, 11) is -2.27. The van der Waals surface area contributed by atoms with E-state index in [2.05, 4.69) is 14.8 Å². The van der Waals surface area contributed by atoms with Crippen molar-refractivity contribution in [3.05, 3.63) is 29.3 Å². The molecule has 0 aromatic heterocycles. The molecule has 0 aliphatic heterocycles. The van der Waals surface area contributed by atoms with Gasteiger partial charge in [0.05, 0.1) is 17.6 Å². The van der Waals surface area contributed by atoms with Crippen LogP contribution in [0.15, 0.2) is 23.1 Å². The number of hydrogen-bond acceptors (Lipinski definition) is 5. The number of halogens is 1. The average Bonchev–Trinajstić information content (AvgIpc) is 2.46. The van der Waals surface area contributed by atoms with Crippen LogP contribution in [0.3, 0.4) is 0 Å². The zero-order valence-corrected chi connectivity index (χ0v) is 14.6. The molecular weight excluding hydrogens is 328 g/mol. The zero-order valence-electron chi connectivity index (χ0n) is 13.0. The molecule has 0 aliphatic carbocycles. The Bertz CT molecular complexity index is 591. The molecule has 2 N–H and O–H groups in total. The molecule has 0 heterocycles. The first-order valence-electron chi connectivity index (χ1n) is 6.81. The molecule has 0 fully saturated rings. The van der Waals surface area contributed by atoms with Crippen LogP contribution in [-0.4, -0.2) is 41.1 Å². The molecule has 0 atom stereocenters. The van der Waals surface area contributed by atoms with Gasteiger partial charge in [0.25, 0.3) is 0 Å². The molecule has 0 saturated heterocycles. The second-order valence-corrected chi connectivity index (χ2v) is 6.38. The largest absolute Gasteiger partial charge is 0.465 e. The number of methoxy groups -OCH3 is 1. The highest BCUT2D eigenvalue weighted by atomic mass is 35.5. The molecule has 22 heavy (non-hydrogen) atoms. The molecule has 0 spiro atoms. The Hall–Kier alpha value is -1.15. The highest BCUT2D eigenvalue weighted by Crippen LogP contribution is 2.16. The Morgan fingerprint density at radius 2 is 1.91 bits per heavy atom. The lowest BCUT2D eigenvalue weighted by Gasteiger charge is -2.10. The normalized spacial score (nSPS) is 10.9. The fourth-order valence-electron chi connectivity index (χ4n) is 1.80. The van der Waals surface area contributed by atoms with Crippen LogP contribution in [0.25, 0.3) is 0 Å². The van der Waals surface area contributed by atoms with E-state index in [1.165, 1.54) is 25.3 Å². The SMILES string of the molecule is CCCNCCNS(=O)(=O)c1ccc(C(=O)OC)c(C)c1.Cl. The Morgan fingerprint density at radius 3 is 2.45 bits per heavy atom. The van der Waals surface area contributed by atoms with Gasteiger partial charge in [-0.1, -0.05) is 6.92 Å². The van der Waals surface area contributed by atoms with E-state index < -0.39 is 16.0 Å². The molecule has 6 nitrogen and oxygen atoms in total. The maximum Gasteiger partial charge on any atom is 0.338 e. The van der Waals surface area contributed by atoms with Gasteiger partial charge in [-0.15, -0.1) is 12.4 Å². The lowest BCUT2D eigenvalue weighted by atomic mass is 10.1. The van der Waals surface area contributed by atoms with Crippen LogP contribution in [0.1, 0.15) is 29.3 Å². The van der Waals surface area contributed by atoms with Gasteiger partial charge >= 0.3 is 5.97 Å². The number of carbonyl (C=O) groups is 1. The summed E-state index contributed by atoms with van der Waals surface area (Å²) in [5, 5.41) is 3.11. The molecule has 1 rings (SSSR count). The van der Waals surface area contributed by atoms with Gasteiger partial charge in [0, 0.05) is 13.1 Å². The van der Waals surface area contributed by atoms with Crippen molar-refractivity contribution >= 4 is 28.4 Å². The standard InChI is InChI=1S/C14H22N2O4S.ClH/c1-4-7-15-8-9-16-21(18,19)12-5-6-13(11(2)10-12)14(17)20-3;/h5-6,10,15-16H,4,7-9H2,1-3H3;1H. The minimum atomic E-state index is -3.56. The summed E-state index contributed by atoms with van der Waals surface area (Å²) in [5.74, 6) is -0.479. The van der Waals surface area contributed by atoms with Crippen LogP contribution in [-0.2, 0) is 14.8 Å². The number of esters is 1. The third-order valence-corrected chi connectivity index (χ3v) is 4.39. The molecular formula is C14H23ClN2O4S. The molecule has 1 aromatic rings. The van der Waals surface area contributed by atoms with Gasteiger partial charge in [-0.05, 0) is 43.7 Å². The van der Waals surface area contributed by atoms with Gasteiger partial charge in [0.2, 0.25) is 10.0 Å². The number of nitrogens with one attached hydrogen (secondary N) is 2. The highest BCUT2D eigenvalue weighted by molar-refractivity contribution is 7.89. The van der Waals surface area contributed by atoms with E-state index in [1.807, 2.05) is 6.92 Å². The highest BCUT2D eigenvalue weighted by Gasteiger charge is 2.16. The molecule has 0 bridgehead atoms. The van der Waals surface area contributed by atoms with E-state index in [-0.39, 0.29) is 17.3 Å². The molecule has 8 heteroatoms. The summed E-state index contributed by atoms with van der Waals surface area (Å²) >= 11 is 0. The number of carbonyl (C=O) groups excluding carboxylic acids is 1. The smallest absolute Gasteiger partial charge is 0.338 e. The number of sulfonamides is 1. The summed E-state index contributed by atoms with van der Waals surface area (Å²) in [5.41, 5.74) is 0.926. The van der Waals surface area contributed by atoms with Crippen molar-refractivity contribution in [2.24, 2.45) is 0 Å². The average molecular weight is 351 g/mol. The number of hydrogen-bond donors (Lipinski definition) is 2. The van der Waals surface area contributed by atoms with Gasteiger partial charge in [-0.3, -0.25) is 0 Å². The lowest BCUT2D eigenvalue weighted by molar-refractivity contribution is 0.0600. The summed E-state index contributed by atoms with van der Waals surface area (Å²) < 4.78 is 31.4. The van der Waals surface area contributed by atoms with Gasteiger partial charge < -0.3 is 10.1 Å². The summed E-state index contributed by atoms with van der Waals surface area (Å²) in [6.45, 7) is 5.47. The summed E-state index contributed by atoms with van der Waals surface area (Å²) in [4.78, 5) is 11.6. The Labute approximate surface area is 138 Å². The number of aryl methyl sites for hydroxylation is 1. The first-order valence-corrected chi connectivity index (χ1v) is 8.30. The quantitative estimate of drug-likeness (QED) is 0.548. The minimum absolute atomic E-state index is 0. The van der Waals surface area contributed by atoms with E-state index in [4.69, 9.17) is 0 Å². The molecule has 0 unspecified atom stereocenters.